The molecule has 0 bridgehead atoms. The van der Waals surface area contributed by atoms with Gasteiger partial charge in [0.15, 0.2) is 0 Å². The second kappa shape index (κ2) is 8.18. The number of nitrogens with one attached hydrogen (secondary N) is 1. The lowest BCUT2D eigenvalue weighted by molar-refractivity contribution is -0.908. The van der Waals surface area contributed by atoms with Crippen molar-refractivity contribution in [2.45, 2.75) is 26.2 Å². The predicted molar refractivity (Wildman–Crippen MR) is 76.9 cm³/mol. The summed E-state index contributed by atoms with van der Waals surface area (Å²) in [6.07, 6.45) is 3.71. The maximum absolute atomic E-state index is 5.73. The van der Waals surface area contributed by atoms with Crippen molar-refractivity contribution in [1.82, 2.24) is 0 Å². The summed E-state index contributed by atoms with van der Waals surface area (Å²) >= 11 is 0. The number of hydrogen-bond acceptors (Lipinski definition) is 2. The molecular formula is C16H26NO2+. The van der Waals surface area contributed by atoms with Crippen molar-refractivity contribution in [1.29, 1.82) is 0 Å². The molecule has 0 radical (unpaired) electrons. The second-order valence-electron chi connectivity index (χ2n) is 5.33. The molecule has 106 valence electrons. The molecule has 2 rings (SSSR count). The second-order valence-corrected chi connectivity index (χ2v) is 5.33. The number of morpholine rings is 1. The van der Waals surface area contributed by atoms with E-state index in [4.69, 9.17) is 9.47 Å². The zero-order valence-corrected chi connectivity index (χ0v) is 12.0. The zero-order valence-electron chi connectivity index (χ0n) is 12.0. The Bertz CT molecular complexity index is 344. The van der Waals surface area contributed by atoms with Crippen molar-refractivity contribution in [3.05, 3.63) is 29.8 Å². The maximum Gasteiger partial charge on any atom is 0.119 e. The predicted octanol–water partition coefficient (Wildman–Crippen LogP) is 1.46. The third-order valence-electron chi connectivity index (χ3n) is 3.66. The minimum absolute atomic E-state index is 0.835. The van der Waals surface area contributed by atoms with E-state index in [2.05, 4.69) is 19.1 Å². The zero-order chi connectivity index (χ0) is 13.3. The van der Waals surface area contributed by atoms with Crippen molar-refractivity contribution in [2.24, 2.45) is 0 Å². The van der Waals surface area contributed by atoms with E-state index in [0.717, 1.165) is 32.0 Å². The Morgan fingerprint density at radius 2 is 1.79 bits per heavy atom. The van der Waals surface area contributed by atoms with Gasteiger partial charge in [0.25, 0.3) is 0 Å². The van der Waals surface area contributed by atoms with Gasteiger partial charge in [-0.2, -0.15) is 0 Å². The molecule has 0 amide bonds. The molecule has 1 aromatic carbocycles. The molecule has 3 nitrogen and oxygen atoms in total. The van der Waals surface area contributed by atoms with Crippen molar-refractivity contribution in [3.8, 4) is 5.75 Å². The van der Waals surface area contributed by atoms with E-state index >= 15 is 0 Å². The Kier molecular flexibility index (Phi) is 6.18. The van der Waals surface area contributed by atoms with Crippen molar-refractivity contribution in [2.75, 3.05) is 39.5 Å². The van der Waals surface area contributed by atoms with Crippen LogP contribution < -0.4 is 9.64 Å². The van der Waals surface area contributed by atoms with Gasteiger partial charge in [0.2, 0.25) is 0 Å². The SMILES string of the molecule is Cc1ccc(OCCCCC[NH+]2CCOCC2)cc1. The van der Waals surface area contributed by atoms with Crippen LogP contribution in [0.15, 0.2) is 24.3 Å². The fourth-order valence-corrected chi connectivity index (χ4v) is 2.39. The van der Waals surface area contributed by atoms with Gasteiger partial charge in [-0.1, -0.05) is 17.7 Å². The molecule has 1 aliphatic heterocycles. The molecule has 1 aliphatic rings. The molecule has 0 aromatic heterocycles. The highest BCUT2D eigenvalue weighted by Crippen LogP contribution is 2.11. The van der Waals surface area contributed by atoms with Crippen LogP contribution in [-0.2, 0) is 4.74 Å². The molecule has 1 saturated heterocycles. The van der Waals surface area contributed by atoms with Crippen LogP contribution in [0.4, 0.5) is 0 Å². The van der Waals surface area contributed by atoms with Gasteiger partial charge in [0.1, 0.15) is 18.8 Å². The maximum atomic E-state index is 5.73. The Balaban J connectivity index is 1.49. The van der Waals surface area contributed by atoms with E-state index in [1.807, 2.05) is 12.1 Å². The molecule has 3 heteroatoms. The lowest BCUT2D eigenvalue weighted by atomic mass is 10.2. The molecule has 0 atom stereocenters. The van der Waals surface area contributed by atoms with Crippen LogP contribution in [0.2, 0.25) is 0 Å². The normalized spacial score (nSPS) is 16.5. The Morgan fingerprint density at radius 3 is 2.53 bits per heavy atom. The minimum Gasteiger partial charge on any atom is -0.494 e. The molecule has 0 aliphatic carbocycles. The Morgan fingerprint density at radius 1 is 1.05 bits per heavy atom. The van der Waals surface area contributed by atoms with Crippen molar-refractivity contribution < 1.29 is 14.4 Å². The molecular weight excluding hydrogens is 238 g/mol. The third kappa shape index (κ3) is 5.62. The summed E-state index contributed by atoms with van der Waals surface area (Å²) in [6, 6.07) is 8.29. The summed E-state index contributed by atoms with van der Waals surface area (Å²) in [4.78, 5) is 1.70. The number of quaternary nitrogens is 1. The van der Waals surface area contributed by atoms with Gasteiger partial charge in [0.05, 0.1) is 26.4 Å². The van der Waals surface area contributed by atoms with Crippen LogP contribution in [0.5, 0.6) is 5.75 Å². The van der Waals surface area contributed by atoms with E-state index in [1.165, 1.54) is 38.0 Å². The van der Waals surface area contributed by atoms with Gasteiger partial charge in [-0.3, -0.25) is 0 Å². The molecule has 1 heterocycles. The van der Waals surface area contributed by atoms with Gasteiger partial charge in [-0.25, -0.2) is 0 Å². The average Bonchev–Trinajstić information content (AvgIpc) is 2.46. The summed E-state index contributed by atoms with van der Waals surface area (Å²) in [6.45, 7) is 8.45. The topological polar surface area (TPSA) is 22.9 Å². The van der Waals surface area contributed by atoms with Gasteiger partial charge in [-0.15, -0.1) is 0 Å². The summed E-state index contributed by atoms with van der Waals surface area (Å²) in [7, 11) is 0. The van der Waals surface area contributed by atoms with E-state index in [0.29, 0.717) is 0 Å². The van der Waals surface area contributed by atoms with E-state index < -0.39 is 0 Å². The summed E-state index contributed by atoms with van der Waals surface area (Å²) < 4.78 is 11.1. The standard InChI is InChI=1S/C16H25NO2/c1-15-5-7-16(8-6-15)19-12-4-2-3-9-17-10-13-18-14-11-17/h5-8H,2-4,9-14H2,1H3/p+1. The first-order chi connectivity index (χ1) is 9.34. The number of unbranched alkanes of at least 4 members (excludes halogenated alkanes) is 2. The van der Waals surface area contributed by atoms with Gasteiger partial charge >= 0.3 is 0 Å². The largest absolute Gasteiger partial charge is 0.494 e. The van der Waals surface area contributed by atoms with E-state index in [1.54, 1.807) is 4.90 Å². The highest BCUT2D eigenvalue weighted by molar-refractivity contribution is 5.26. The number of hydrogen-bond donors (Lipinski definition) is 1. The first-order valence-corrected chi connectivity index (χ1v) is 7.45. The molecule has 1 fully saturated rings. The molecule has 19 heavy (non-hydrogen) atoms. The fourth-order valence-electron chi connectivity index (χ4n) is 2.39. The number of rotatable bonds is 7. The lowest BCUT2D eigenvalue weighted by Crippen LogP contribution is -3.14. The minimum atomic E-state index is 0.835. The van der Waals surface area contributed by atoms with Crippen molar-refractivity contribution >= 4 is 0 Å². The molecule has 0 spiro atoms. The molecule has 0 saturated carbocycles. The third-order valence-corrected chi connectivity index (χ3v) is 3.66. The molecule has 1 aromatic rings. The average molecular weight is 264 g/mol. The van der Waals surface area contributed by atoms with Gasteiger partial charge in [0, 0.05) is 0 Å². The highest BCUT2D eigenvalue weighted by atomic mass is 16.5. The first-order valence-electron chi connectivity index (χ1n) is 7.45. The van der Waals surface area contributed by atoms with Crippen LogP contribution in [0, 0.1) is 6.92 Å². The van der Waals surface area contributed by atoms with E-state index in [-0.39, 0.29) is 0 Å². The fraction of sp³-hybridized carbons (Fsp3) is 0.625. The summed E-state index contributed by atoms with van der Waals surface area (Å²) in [5.41, 5.74) is 1.28. The van der Waals surface area contributed by atoms with Crippen LogP contribution in [0.1, 0.15) is 24.8 Å². The number of ether oxygens (including phenoxy) is 2. The summed E-state index contributed by atoms with van der Waals surface area (Å²) in [5, 5.41) is 0. The number of aryl methyl sites for hydroxylation is 1. The van der Waals surface area contributed by atoms with E-state index in [9.17, 15) is 0 Å². The highest BCUT2D eigenvalue weighted by Gasteiger charge is 2.12. The smallest absolute Gasteiger partial charge is 0.119 e. The first kappa shape index (κ1) is 14.4. The Labute approximate surface area is 116 Å². The van der Waals surface area contributed by atoms with Gasteiger partial charge < -0.3 is 14.4 Å². The summed E-state index contributed by atoms with van der Waals surface area (Å²) in [5.74, 6) is 0.990. The Hall–Kier alpha value is -1.06. The van der Waals surface area contributed by atoms with Gasteiger partial charge in [-0.05, 0) is 38.3 Å². The van der Waals surface area contributed by atoms with Crippen LogP contribution in [-0.4, -0.2) is 39.5 Å². The quantitative estimate of drug-likeness (QED) is 0.754. The van der Waals surface area contributed by atoms with Crippen LogP contribution in [0.25, 0.3) is 0 Å². The molecule has 0 unspecified atom stereocenters. The number of benzene rings is 1. The monoisotopic (exact) mass is 264 g/mol. The molecule has 1 N–H and O–H groups in total. The van der Waals surface area contributed by atoms with Crippen LogP contribution in [0.3, 0.4) is 0 Å². The lowest BCUT2D eigenvalue weighted by Gasteiger charge is -2.23. The van der Waals surface area contributed by atoms with Crippen molar-refractivity contribution in [3.63, 3.8) is 0 Å². The van der Waals surface area contributed by atoms with Crippen LogP contribution >= 0.6 is 0 Å².